The molecule has 0 spiro atoms. The molecular formula is C16H16N4O. The summed E-state index contributed by atoms with van der Waals surface area (Å²) >= 11 is 0. The van der Waals surface area contributed by atoms with Gasteiger partial charge in [0.25, 0.3) is 0 Å². The fourth-order valence-electron chi connectivity index (χ4n) is 3.05. The van der Waals surface area contributed by atoms with Crippen LogP contribution in [0.2, 0.25) is 0 Å². The Morgan fingerprint density at radius 2 is 2.19 bits per heavy atom. The summed E-state index contributed by atoms with van der Waals surface area (Å²) in [5.41, 5.74) is 4.20. The predicted molar refractivity (Wildman–Crippen MR) is 80.2 cm³/mol. The molecule has 0 aliphatic heterocycles. The highest BCUT2D eigenvalue weighted by atomic mass is 16.3. The Bertz CT molecular complexity index is 811. The van der Waals surface area contributed by atoms with Crippen LogP contribution in [0.15, 0.2) is 42.7 Å². The van der Waals surface area contributed by atoms with Crippen molar-refractivity contribution in [1.82, 2.24) is 14.6 Å². The number of aliphatic hydroxyl groups excluding tert-OH is 1. The van der Waals surface area contributed by atoms with E-state index in [1.165, 1.54) is 5.56 Å². The van der Waals surface area contributed by atoms with Crippen LogP contribution in [0, 0.1) is 6.92 Å². The number of nitrogens with zero attached hydrogens (tertiary/aromatic N) is 3. The van der Waals surface area contributed by atoms with E-state index >= 15 is 0 Å². The highest BCUT2D eigenvalue weighted by molar-refractivity contribution is 5.68. The number of aryl methyl sites for hydroxylation is 1. The van der Waals surface area contributed by atoms with Gasteiger partial charge in [-0.15, -0.1) is 0 Å². The van der Waals surface area contributed by atoms with Gasteiger partial charge in [0.15, 0.2) is 5.82 Å². The predicted octanol–water partition coefficient (Wildman–Crippen LogP) is 2.11. The van der Waals surface area contributed by atoms with Crippen LogP contribution in [0.3, 0.4) is 0 Å². The maximum atomic E-state index is 10.3. The van der Waals surface area contributed by atoms with Crippen molar-refractivity contribution in [1.29, 1.82) is 0 Å². The number of nitrogens with one attached hydrogen (secondary N) is 1. The molecular weight excluding hydrogens is 264 g/mol. The van der Waals surface area contributed by atoms with Crippen LogP contribution in [0.5, 0.6) is 0 Å². The van der Waals surface area contributed by atoms with Gasteiger partial charge in [0, 0.05) is 18.8 Å². The number of benzene rings is 1. The molecule has 21 heavy (non-hydrogen) atoms. The zero-order valence-corrected chi connectivity index (χ0v) is 11.7. The molecule has 3 aromatic rings. The van der Waals surface area contributed by atoms with Gasteiger partial charge in [0.05, 0.1) is 17.8 Å². The summed E-state index contributed by atoms with van der Waals surface area (Å²) in [4.78, 5) is 4.41. The van der Waals surface area contributed by atoms with Gasteiger partial charge in [-0.3, -0.25) is 0 Å². The van der Waals surface area contributed by atoms with E-state index in [0.29, 0.717) is 6.42 Å². The van der Waals surface area contributed by atoms with Crippen LogP contribution in [-0.4, -0.2) is 25.8 Å². The Kier molecular flexibility index (Phi) is 2.68. The second-order valence-corrected chi connectivity index (χ2v) is 5.48. The molecule has 2 atom stereocenters. The lowest BCUT2D eigenvalue weighted by molar-refractivity contribution is 0.165. The molecule has 5 nitrogen and oxygen atoms in total. The van der Waals surface area contributed by atoms with Gasteiger partial charge < -0.3 is 10.4 Å². The van der Waals surface area contributed by atoms with Gasteiger partial charge in [-0.1, -0.05) is 24.3 Å². The molecule has 0 saturated carbocycles. The number of hydrogen-bond donors (Lipinski definition) is 2. The molecule has 5 heteroatoms. The smallest absolute Gasteiger partial charge is 0.152 e. The number of aliphatic hydroxyl groups is 1. The van der Waals surface area contributed by atoms with E-state index in [0.717, 1.165) is 22.6 Å². The summed E-state index contributed by atoms with van der Waals surface area (Å²) in [6.45, 7) is 1.95. The first-order valence-electron chi connectivity index (χ1n) is 7.06. The number of hydrogen-bond acceptors (Lipinski definition) is 4. The van der Waals surface area contributed by atoms with Crippen LogP contribution < -0.4 is 5.32 Å². The summed E-state index contributed by atoms with van der Waals surface area (Å²) in [7, 11) is 0. The summed E-state index contributed by atoms with van der Waals surface area (Å²) in [6.07, 6.45) is 3.78. The Morgan fingerprint density at radius 3 is 3.10 bits per heavy atom. The Balaban J connectivity index is 1.75. The largest absolute Gasteiger partial charge is 0.390 e. The summed E-state index contributed by atoms with van der Waals surface area (Å²) in [5, 5.41) is 18.1. The standard InChI is InChI=1S/C16H16N4O/c1-10-8-13-16(17-6-7-20(13)19-10)18-15-12-5-3-2-4-11(12)9-14(15)21/h2-8,14-15,21H,9H2,1H3,(H,17,18)/t14-,15+/m0/s1. The number of anilines is 1. The third kappa shape index (κ3) is 1.97. The van der Waals surface area contributed by atoms with Crippen molar-refractivity contribution in [2.24, 2.45) is 0 Å². The number of rotatable bonds is 2. The van der Waals surface area contributed by atoms with E-state index < -0.39 is 6.10 Å². The van der Waals surface area contributed by atoms with Crippen molar-refractivity contribution in [2.75, 3.05) is 5.32 Å². The SMILES string of the molecule is Cc1cc2c(N[C@@H]3c4ccccc4C[C@@H]3O)nccn2n1. The van der Waals surface area contributed by atoms with Crippen molar-refractivity contribution in [3.63, 3.8) is 0 Å². The minimum absolute atomic E-state index is 0.130. The van der Waals surface area contributed by atoms with Crippen molar-refractivity contribution >= 4 is 11.3 Å². The van der Waals surface area contributed by atoms with E-state index in [1.807, 2.05) is 31.3 Å². The quantitative estimate of drug-likeness (QED) is 0.754. The lowest BCUT2D eigenvalue weighted by Gasteiger charge is -2.19. The summed E-state index contributed by atoms with van der Waals surface area (Å²) in [6, 6.07) is 10.00. The van der Waals surface area contributed by atoms with E-state index in [2.05, 4.69) is 27.5 Å². The zero-order valence-electron chi connectivity index (χ0n) is 11.7. The fraction of sp³-hybridized carbons (Fsp3) is 0.250. The van der Waals surface area contributed by atoms with E-state index in [-0.39, 0.29) is 6.04 Å². The van der Waals surface area contributed by atoms with Crippen molar-refractivity contribution in [3.05, 3.63) is 59.5 Å². The van der Waals surface area contributed by atoms with Gasteiger partial charge in [0.1, 0.15) is 5.52 Å². The molecule has 0 bridgehead atoms. The highest BCUT2D eigenvalue weighted by Crippen LogP contribution is 2.34. The summed E-state index contributed by atoms with van der Waals surface area (Å²) in [5.74, 6) is 0.749. The Labute approximate surface area is 122 Å². The lowest BCUT2D eigenvalue weighted by atomic mass is 10.1. The molecule has 1 aliphatic carbocycles. The number of fused-ring (bicyclic) bond motifs is 2. The molecule has 0 radical (unpaired) electrons. The molecule has 2 N–H and O–H groups in total. The van der Waals surface area contributed by atoms with Crippen LogP contribution in [0.1, 0.15) is 22.9 Å². The molecule has 0 unspecified atom stereocenters. The molecule has 106 valence electrons. The average molecular weight is 280 g/mol. The first-order valence-corrected chi connectivity index (χ1v) is 7.06. The Morgan fingerprint density at radius 1 is 1.33 bits per heavy atom. The fourth-order valence-corrected chi connectivity index (χ4v) is 3.05. The van der Waals surface area contributed by atoms with Crippen LogP contribution >= 0.6 is 0 Å². The number of aromatic nitrogens is 3. The highest BCUT2D eigenvalue weighted by Gasteiger charge is 2.31. The minimum Gasteiger partial charge on any atom is -0.390 e. The van der Waals surface area contributed by atoms with E-state index in [1.54, 1.807) is 10.7 Å². The van der Waals surface area contributed by atoms with Crippen LogP contribution in [0.25, 0.3) is 5.52 Å². The van der Waals surface area contributed by atoms with Crippen molar-refractivity contribution in [2.45, 2.75) is 25.5 Å². The minimum atomic E-state index is -0.437. The zero-order chi connectivity index (χ0) is 14.4. The molecule has 1 aliphatic rings. The van der Waals surface area contributed by atoms with Crippen LogP contribution in [0.4, 0.5) is 5.82 Å². The van der Waals surface area contributed by atoms with E-state index in [9.17, 15) is 5.11 Å². The maximum absolute atomic E-state index is 10.3. The molecule has 0 amide bonds. The van der Waals surface area contributed by atoms with Gasteiger partial charge in [-0.2, -0.15) is 5.10 Å². The molecule has 0 saturated heterocycles. The molecule has 4 rings (SSSR count). The molecule has 1 aromatic carbocycles. The lowest BCUT2D eigenvalue weighted by Crippen LogP contribution is -2.22. The van der Waals surface area contributed by atoms with Crippen LogP contribution in [-0.2, 0) is 6.42 Å². The van der Waals surface area contributed by atoms with Gasteiger partial charge in [0.2, 0.25) is 0 Å². The van der Waals surface area contributed by atoms with Gasteiger partial charge >= 0.3 is 0 Å². The normalized spacial score (nSPS) is 20.7. The molecule has 0 fully saturated rings. The monoisotopic (exact) mass is 280 g/mol. The maximum Gasteiger partial charge on any atom is 0.152 e. The van der Waals surface area contributed by atoms with Gasteiger partial charge in [-0.25, -0.2) is 9.50 Å². The second-order valence-electron chi connectivity index (χ2n) is 5.48. The topological polar surface area (TPSA) is 62.5 Å². The average Bonchev–Trinajstić information content (AvgIpc) is 3.00. The first-order chi connectivity index (χ1) is 10.2. The third-order valence-electron chi connectivity index (χ3n) is 4.01. The third-order valence-corrected chi connectivity index (χ3v) is 4.01. The molecule has 2 heterocycles. The van der Waals surface area contributed by atoms with Crippen molar-refractivity contribution < 1.29 is 5.11 Å². The molecule has 2 aromatic heterocycles. The van der Waals surface area contributed by atoms with Gasteiger partial charge in [-0.05, 0) is 24.1 Å². The van der Waals surface area contributed by atoms with E-state index in [4.69, 9.17) is 0 Å². The summed E-state index contributed by atoms with van der Waals surface area (Å²) < 4.78 is 1.80. The van der Waals surface area contributed by atoms with Crippen molar-refractivity contribution in [3.8, 4) is 0 Å². The second kappa shape index (κ2) is 4.56. The first kappa shape index (κ1) is 12.3. The Hall–Kier alpha value is -2.40.